The highest BCUT2D eigenvalue weighted by molar-refractivity contribution is 7.20. The van der Waals surface area contributed by atoms with Crippen LogP contribution in [0.2, 0.25) is 0 Å². The van der Waals surface area contributed by atoms with Crippen LogP contribution < -0.4 is 21.7 Å². The van der Waals surface area contributed by atoms with Gasteiger partial charge in [0.25, 0.3) is 17.7 Å². The Morgan fingerprint density at radius 3 is 1.70 bits per heavy atom. The molecular weight excluding hydrogens is 768 g/mol. The number of hydrogen-bond acceptors (Lipinski definition) is 10. The van der Waals surface area contributed by atoms with E-state index in [0.717, 1.165) is 22.0 Å². The fraction of sp³-hybridized carbons (Fsp3) is 0.0833. The van der Waals surface area contributed by atoms with Crippen LogP contribution in [-0.4, -0.2) is 37.7 Å². The van der Waals surface area contributed by atoms with Crippen LogP contribution in [0.1, 0.15) is 46.4 Å². The quantitative estimate of drug-likeness (QED) is 0.0957. The van der Waals surface area contributed by atoms with Crippen molar-refractivity contribution in [2.75, 3.05) is 21.7 Å². The first-order valence-electron chi connectivity index (χ1n) is 15.4. The lowest BCUT2D eigenvalue weighted by atomic mass is 10.1. The van der Waals surface area contributed by atoms with E-state index in [4.69, 9.17) is 5.73 Å². The van der Waals surface area contributed by atoms with Crippen LogP contribution in [-0.2, 0) is 6.18 Å². The summed E-state index contributed by atoms with van der Waals surface area (Å²) in [6.45, 7) is 3.66. The number of amides is 3. The Bertz CT molecular complexity index is 2460. The van der Waals surface area contributed by atoms with E-state index in [1.807, 2.05) is 13.0 Å². The molecule has 4 aromatic heterocycles. The number of halogens is 5. The Balaban J connectivity index is 0.000000228. The van der Waals surface area contributed by atoms with Crippen molar-refractivity contribution in [1.29, 1.82) is 0 Å². The zero-order valence-corrected chi connectivity index (χ0v) is 30.4. The summed E-state index contributed by atoms with van der Waals surface area (Å²) in [4.78, 5) is 56.3. The summed E-state index contributed by atoms with van der Waals surface area (Å²) in [5.41, 5.74) is 8.78. The summed E-state index contributed by atoms with van der Waals surface area (Å²) in [7, 11) is 0. The molecule has 11 nitrogen and oxygen atoms in total. The Hall–Kier alpha value is -6.04. The average molecular weight is 795 g/mol. The van der Waals surface area contributed by atoms with Crippen molar-refractivity contribution in [3.8, 4) is 0 Å². The zero-order chi connectivity index (χ0) is 37.9. The monoisotopic (exact) mass is 794 g/mol. The van der Waals surface area contributed by atoms with Gasteiger partial charge in [-0.25, -0.2) is 14.4 Å². The molecule has 0 unspecified atom stereocenters. The number of carbonyl (C=O) groups excluding carboxylic acids is 3. The highest BCUT2D eigenvalue weighted by Crippen LogP contribution is 2.32. The van der Waals surface area contributed by atoms with Crippen molar-refractivity contribution in [2.45, 2.75) is 20.0 Å². The number of carbonyl (C=O) groups is 3. The van der Waals surface area contributed by atoms with Gasteiger partial charge in [0.2, 0.25) is 0 Å². The number of thiophene rings is 2. The fourth-order valence-corrected chi connectivity index (χ4v) is 6.53. The Kier molecular flexibility index (Phi) is 11.8. The molecular formula is C36H27ClF4N8O3S2. The van der Waals surface area contributed by atoms with Gasteiger partial charge < -0.3 is 21.7 Å². The third-order valence-electron chi connectivity index (χ3n) is 7.57. The first-order chi connectivity index (χ1) is 25.2. The van der Waals surface area contributed by atoms with Gasteiger partial charge in [0, 0.05) is 53.1 Å². The van der Waals surface area contributed by atoms with E-state index in [-0.39, 0.29) is 29.6 Å². The van der Waals surface area contributed by atoms with E-state index < -0.39 is 29.4 Å². The van der Waals surface area contributed by atoms with Crippen LogP contribution >= 0.6 is 35.1 Å². The maximum Gasteiger partial charge on any atom is 0.419 e. The van der Waals surface area contributed by atoms with E-state index in [2.05, 4.69) is 35.9 Å². The number of nitrogen functional groups attached to an aromatic ring is 1. The van der Waals surface area contributed by atoms with Crippen LogP contribution in [0.5, 0.6) is 0 Å². The van der Waals surface area contributed by atoms with Crippen LogP contribution in [0.25, 0.3) is 20.7 Å². The molecule has 3 amide bonds. The highest BCUT2D eigenvalue weighted by atomic mass is 35.5. The number of hydrogen-bond donors (Lipinski definition) is 4. The molecule has 276 valence electrons. The van der Waals surface area contributed by atoms with Crippen molar-refractivity contribution in [3.05, 3.63) is 129 Å². The highest BCUT2D eigenvalue weighted by Gasteiger charge is 2.34. The van der Waals surface area contributed by atoms with Gasteiger partial charge in [-0.05, 0) is 79.6 Å². The molecule has 54 heavy (non-hydrogen) atoms. The van der Waals surface area contributed by atoms with Crippen molar-refractivity contribution >= 4 is 96.2 Å². The number of benzene rings is 3. The minimum Gasteiger partial charge on any atom is -0.399 e. The van der Waals surface area contributed by atoms with E-state index >= 15 is 0 Å². The van der Waals surface area contributed by atoms with E-state index in [0.29, 0.717) is 54.9 Å². The van der Waals surface area contributed by atoms with Gasteiger partial charge in [0.05, 0.1) is 15.3 Å². The third kappa shape index (κ3) is 9.11. The van der Waals surface area contributed by atoms with Crippen LogP contribution in [0, 0.1) is 19.7 Å². The first-order valence-corrected chi connectivity index (χ1v) is 17.1. The molecule has 0 aliphatic heterocycles. The Morgan fingerprint density at radius 1 is 0.648 bits per heavy atom. The van der Waals surface area contributed by atoms with Gasteiger partial charge in [-0.15, -0.1) is 35.1 Å². The number of anilines is 4. The van der Waals surface area contributed by atoms with Crippen molar-refractivity contribution in [1.82, 2.24) is 19.9 Å². The molecule has 0 fully saturated rings. The standard InChI is InChI=1S/C22H14F4N4O2S.C14H12N4OS.ClH/c1-11-2-4-13(29-19(31)12-3-5-15(23)14(8-12)22(24,25)26)9-16(11)30-20(32)18-10-17-21(33-18)28-7-6-27-17;1-8-2-3-9(15)6-10(8)18-13(19)12-7-11-14(20-12)17-5-4-16-11;/h2-10H,1H3,(H,29,31)(H,30,32);2-7H,15H2,1H3,(H,18,19);1H. The second-order valence-electron chi connectivity index (χ2n) is 11.4. The normalized spacial score (nSPS) is 10.9. The van der Waals surface area contributed by atoms with Gasteiger partial charge in [-0.1, -0.05) is 12.1 Å². The molecule has 0 saturated carbocycles. The maximum absolute atomic E-state index is 13.5. The molecule has 5 N–H and O–H groups in total. The van der Waals surface area contributed by atoms with Gasteiger partial charge in [0.1, 0.15) is 26.5 Å². The number of nitrogens with two attached hydrogens (primary N) is 1. The van der Waals surface area contributed by atoms with E-state index in [9.17, 15) is 31.9 Å². The first kappa shape index (κ1) is 39.2. The third-order valence-corrected chi connectivity index (χ3v) is 9.63. The van der Waals surface area contributed by atoms with Gasteiger partial charge in [0.15, 0.2) is 0 Å². The van der Waals surface area contributed by atoms with E-state index in [1.54, 1.807) is 49.6 Å². The SMILES string of the molecule is Cc1ccc(N)cc1NC(=O)c1cc2nccnc2s1.Cc1ccc(NC(=O)c2ccc(F)c(C(F)(F)F)c2)cc1NC(=O)c1cc2nccnc2s1.Cl. The summed E-state index contributed by atoms with van der Waals surface area (Å²) in [6.07, 6.45) is 1.34. The topological polar surface area (TPSA) is 165 Å². The van der Waals surface area contributed by atoms with Crippen molar-refractivity contribution < 1.29 is 31.9 Å². The van der Waals surface area contributed by atoms with Crippen LogP contribution in [0.3, 0.4) is 0 Å². The van der Waals surface area contributed by atoms with Crippen molar-refractivity contribution in [2.24, 2.45) is 0 Å². The lowest BCUT2D eigenvalue weighted by molar-refractivity contribution is -0.140. The van der Waals surface area contributed by atoms with Crippen LogP contribution in [0.15, 0.2) is 91.5 Å². The molecule has 18 heteroatoms. The van der Waals surface area contributed by atoms with Gasteiger partial charge in [-0.3, -0.25) is 24.4 Å². The zero-order valence-electron chi connectivity index (χ0n) is 28.0. The summed E-state index contributed by atoms with van der Waals surface area (Å²) in [6, 6.07) is 15.4. The molecule has 0 aliphatic rings. The molecule has 0 aliphatic carbocycles. The van der Waals surface area contributed by atoms with Crippen LogP contribution in [0.4, 0.5) is 40.3 Å². The summed E-state index contributed by atoms with van der Waals surface area (Å²) < 4.78 is 52.3. The second-order valence-corrected chi connectivity index (χ2v) is 13.4. The molecule has 3 aromatic carbocycles. The number of nitrogens with one attached hydrogen (secondary N) is 3. The number of alkyl halides is 3. The Morgan fingerprint density at radius 2 is 1.17 bits per heavy atom. The number of nitrogens with zero attached hydrogens (tertiary/aromatic N) is 4. The minimum atomic E-state index is -4.93. The average Bonchev–Trinajstić information content (AvgIpc) is 3.76. The minimum absolute atomic E-state index is 0. The molecule has 4 heterocycles. The lowest BCUT2D eigenvalue weighted by Crippen LogP contribution is -2.16. The molecule has 7 rings (SSSR count). The smallest absolute Gasteiger partial charge is 0.399 e. The summed E-state index contributed by atoms with van der Waals surface area (Å²) in [5, 5.41) is 8.07. The fourth-order valence-electron chi connectivity index (χ4n) is 4.83. The molecule has 0 radical (unpaired) electrons. The number of aromatic nitrogens is 4. The number of rotatable bonds is 6. The molecule has 0 atom stereocenters. The largest absolute Gasteiger partial charge is 0.419 e. The Labute approximate surface area is 318 Å². The van der Waals surface area contributed by atoms with Gasteiger partial charge >= 0.3 is 6.18 Å². The lowest BCUT2D eigenvalue weighted by Gasteiger charge is -2.12. The van der Waals surface area contributed by atoms with Crippen molar-refractivity contribution in [3.63, 3.8) is 0 Å². The maximum atomic E-state index is 13.5. The summed E-state index contributed by atoms with van der Waals surface area (Å²) in [5.74, 6) is -2.91. The molecule has 0 saturated heterocycles. The number of aryl methyl sites for hydroxylation is 2. The number of fused-ring (bicyclic) bond motifs is 2. The molecule has 7 aromatic rings. The second kappa shape index (κ2) is 16.3. The molecule has 0 bridgehead atoms. The predicted octanol–water partition coefficient (Wildman–Crippen LogP) is 8.92. The molecule has 0 spiro atoms. The van der Waals surface area contributed by atoms with Gasteiger partial charge in [-0.2, -0.15) is 13.2 Å². The van der Waals surface area contributed by atoms with E-state index in [1.165, 1.54) is 47.2 Å². The predicted molar refractivity (Wildman–Crippen MR) is 204 cm³/mol. The summed E-state index contributed by atoms with van der Waals surface area (Å²) >= 11 is 2.49.